The summed E-state index contributed by atoms with van der Waals surface area (Å²) in [5.41, 5.74) is 1.30. The zero-order valence-electron chi connectivity index (χ0n) is 11.8. The van der Waals surface area contributed by atoms with Crippen molar-refractivity contribution in [3.63, 3.8) is 0 Å². The van der Waals surface area contributed by atoms with Crippen molar-refractivity contribution < 1.29 is 14.6 Å². The molecular weight excluding hydrogens is 272 g/mol. The predicted molar refractivity (Wildman–Crippen MR) is 76.9 cm³/mol. The summed E-state index contributed by atoms with van der Waals surface area (Å²) in [6.07, 6.45) is 0.324. The minimum Gasteiger partial charge on any atom is -0.493 e. The van der Waals surface area contributed by atoms with E-state index in [1.54, 1.807) is 0 Å². The van der Waals surface area contributed by atoms with Crippen molar-refractivity contribution in [1.29, 1.82) is 0 Å². The van der Waals surface area contributed by atoms with Gasteiger partial charge in [-0.15, -0.1) is 0 Å². The van der Waals surface area contributed by atoms with Crippen molar-refractivity contribution >= 4 is 5.97 Å². The first-order valence-electron chi connectivity index (χ1n) is 6.50. The van der Waals surface area contributed by atoms with Gasteiger partial charge in [0, 0.05) is 12.5 Å². The topological polar surface area (TPSA) is 92.3 Å². The molecule has 1 aromatic carbocycles. The summed E-state index contributed by atoms with van der Waals surface area (Å²) in [5, 5.41) is 8.86. The number of nitrogens with one attached hydrogen (secondary N) is 1. The number of benzene rings is 1. The first-order valence-corrected chi connectivity index (χ1v) is 6.50. The Kier molecular flexibility index (Phi) is 4.37. The molecule has 2 rings (SSSR count). The average Bonchev–Trinajstić information content (AvgIpc) is 2.41. The van der Waals surface area contributed by atoms with Crippen molar-refractivity contribution in [2.45, 2.75) is 20.3 Å². The number of ether oxygens (including phenoxy) is 1. The average molecular weight is 288 g/mol. The summed E-state index contributed by atoms with van der Waals surface area (Å²) in [4.78, 5) is 28.6. The molecule has 0 aliphatic heterocycles. The number of aromatic amines is 1. The first kappa shape index (κ1) is 14.8. The van der Waals surface area contributed by atoms with Gasteiger partial charge in [0.25, 0.3) is 5.56 Å². The molecule has 0 saturated carbocycles. The Morgan fingerprint density at radius 2 is 2.00 bits per heavy atom. The van der Waals surface area contributed by atoms with Crippen molar-refractivity contribution in [1.82, 2.24) is 9.97 Å². The Labute approximate surface area is 121 Å². The summed E-state index contributed by atoms with van der Waals surface area (Å²) < 4.78 is 5.70. The van der Waals surface area contributed by atoms with Gasteiger partial charge in [-0.1, -0.05) is 18.2 Å². The van der Waals surface area contributed by atoms with Gasteiger partial charge in [-0.25, -0.2) is 9.78 Å². The summed E-state index contributed by atoms with van der Waals surface area (Å²) in [7, 11) is 0. The number of hydrogen-bond donors (Lipinski definition) is 2. The van der Waals surface area contributed by atoms with Gasteiger partial charge in [-0.3, -0.25) is 4.79 Å². The van der Waals surface area contributed by atoms with Gasteiger partial charge in [0.05, 0.1) is 6.61 Å². The van der Waals surface area contributed by atoms with Gasteiger partial charge in [0.1, 0.15) is 11.6 Å². The number of H-pyrrole nitrogens is 1. The molecule has 0 aliphatic carbocycles. The molecule has 2 N–H and O–H groups in total. The lowest BCUT2D eigenvalue weighted by Gasteiger charge is -2.11. The molecule has 0 fully saturated rings. The van der Waals surface area contributed by atoms with Crippen LogP contribution in [0.2, 0.25) is 0 Å². The second-order valence-electron chi connectivity index (χ2n) is 4.70. The van der Waals surface area contributed by atoms with Crippen molar-refractivity contribution in [2.75, 3.05) is 6.61 Å². The molecule has 6 nitrogen and oxygen atoms in total. The lowest BCUT2D eigenvalue weighted by Crippen LogP contribution is -2.17. The highest BCUT2D eigenvalue weighted by molar-refractivity contribution is 5.85. The standard InChI is InChI=1S/C15H16N2O4/c1-9-4-3-5-10(2)14(9)21-7-6-12-16-11(15(19)20)8-13(18)17-12/h3-5,8H,6-7H2,1-2H3,(H,19,20)(H,16,17,18). The number of carbonyl (C=O) groups is 1. The van der Waals surface area contributed by atoms with Gasteiger partial charge in [-0.2, -0.15) is 0 Å². The Morgan fingerprint density at radius 3 is 2.62 bits per heavy atom. The third-order valence-corrected chi connectivity index (χ3v) is 3.00. The second kappa shape index (κ2) is 6.21. The lowest BCUT2D eigenvalue weighted by atomic mass is 10.1. The predicted octanol–water partition coefficient (Wildman–Crippen LogP) is 1.71. The number of rotatable bonds is 5. The van der Waals surface area contributed by atoms with Crippen LogP contribution >= 0.6 is 0 Å². The summed E-state index contributed by atoms with van der Waals surface area (Å²) in [6.45, 7) is 4.21. The second-order valence-corrected chi connectivity index (χ2v) is 4.70. The number of nitrogens with zero attached hydrogens (tertiary/aromatic N) is 1. The summed E-state index contributed by atoms with van der Waals surface area (Å²) in [6, 6.07) is 6.81. The molecule has 0 amide bonds. The van der Waals surface area contributed by atoms with Crippen LogP contribution < -0.4 is 10.3 Å². The van der Waals surface area contributed by atoms with Crippen LogP contribution in [-0.4, -0.2) is 27.7 Å². The Hall–Kier alpha value is -2.63. The van der Waals surface area contributed by atoms with Crippen LogP contribution in [0.1, 0.15) is 27.4 Å². The first-order chi connectivity index (χ1) is 9.97. The van der Waals surface area contributed by atoms with Gasteiger partial charge in [0.15, 0.2) is 5.69 Å². The van der Waals surface area contributed by atoms with Crippen molar-refractivity contribution in [3.8, 4) is 5.75 Å². The smallest absolute Gasteiger partial charge is 0.354 e. The number of hydrogen-bond acceptors (Lipinski definition) is 4. The number of carboxylic acids is 1. The minimum atomic E-state index is -1.22. The third kappa shape index (κ3) is 3.68. The molecule has 21 heavy (non-hydrogen) atoms. The number of aromatic carboxylic acids is 1. The van der Waals surface area contributed by atoms with Crippen LogP contribution in [0, 0.1) is 13.8 Å². The number of aromatic nitrogens is 2. The molecule has 0 bridgehead atoms. The zero-order chi connectivity index (χ0) is 15.4. The van der Waals surface area contributed by atoms with E-state index in [0.29, 0.717) is 18.9 Å². The number of aryl methyl sites for hydroxylation is 2. The SMILES string of the molecule is Cc1cccc(C)c1OCCc1nc(C(=O)O)cc(=O)[nH]1. The Bertz CT molecular complexity index is 702. The van der Waals surface area contributed by atoms with E-state index in [9.17, 15) is 9.59 Å². The fourth-order valence-corrected chi connectivity index (χ4v) is 2.01. The Morgan fingerprint density at radius 1 is 1.33 bits per heavy atom. The maximum atomic E-state index is 11.4. The molecule has 0 saturated heterocycles. The summed E-state index contributed by atoms with van der Waals surface area (Å²) in [5.74, 6) is -0.126. The van der Waals surface area contributed by atoms with Gasteiger partial charge >= 0.3 is 5.97 Å². The van der Waals surface area contributed by atoms with Gasteiger partial charge in [-0.05, 0) is 25.0 Å². The normalized spacial score (nSPS) is 10.4. The number of carboxylic acid groups (broad SMARTS) is 1. The molecule has 0 unspecified atom stereocenters. The van der Waals surface area contributed by atoms with Crippen LogP contribution in [0.25, 0.3) is 0 Å². The molecule has 0 spiro atoms. The summed E-state index contributed by atoms with van der Waals surface area (Å²) >= 11 is 0. The van der Waals surface area contributed by atoms with Crippen LogP contribution in [0.3, 0.4) is 0 Å². The van der Waals surface area contributed by atoms with Crippen molar-refractivity contribution in [3.05, 3.63) is 57.3 Å². The van der Waals surface area contributed by atoms with E-state index in [1.165, 1.54) is 0 Å². The highest BCUT2D eigenvalue weighted by Crippen LogP contribution is 2.22. The molecule has 1 heterocycles. The van der Waals surface area contributed by atoms with Crippen LogP contribution in [-0.2, 0) is 6.42 Å². The molecular formula is C15H16N2O4. The maximum Gasteiger partial charge on any atom is 0.354 e. The van der Waals surface area contributed by atoms with Crippen LogP contribution in [0.4, 0.5) is 0 Å². The van der Waals surface area contributed by atoms with Crippen LogP contribution in [0.15, 0.2) is 29.1 Å². The number of para-hydroxylation sites is 1. The van der Waals surface area contributed by atoms with Gasteiger partial charge in [0.2, 0.25) is 0 Å². The highest BCUT2D eigenvalue weighted by Gasteiger charge is 2.09. The molecule has 6 heteroatoms. The fourth-order valence-electron chi connectivity index (χ4n) is 2.01. The molecule has 0 aliphatic rings. The highest BCUT2D eigenvalue weighted by atomic mass is 16.5. The van der Waals surface area contributed by atoms with E-state index < -0.39 is 11.5 Å². The minimum absolute atomic E-state index is 0.263. The molecule has 110 valence electrons. The third-order valence-electron chi connectivity index (χ3n) is 3.00. The van der Waals surface area contributed by atoms with E-state index in [-0.39, 0.29) is 5.69 Å². The largest absolute Gasteiger partial charge is 0.493 e. The van der Waals surface area contributed by atoms with E-state index in [0.717, 1.165) is 22.9 Å². The van der Waals surface area contributed by atoms with Gasteiger partial charge < -0.3 is 14.8 Å². The van der Waals surface area contributed by atoms with E-state index in [2.05, 4.69) is 9.97 Å². The zero-order valence-corrected chi connectivity index (χ0v) is 11.8. The quantitative estimate of drug-likeness (QED) is 0.873. The molecule has 1 aromatic heterocycles. The fraction of sp³-hybridized carbons (Fsp3) is 0.267. The lowest BCUT2D eigenvalue weighted by molar-refractivity contribution is 0.0689. The molecule has 0 radical (unpaired) electrons. The Balaban J connectivity index is 2.07. The molecule has 2 aromatic rings. The van der Waals surface area contributed by atoms with E-state index in [4.69, 9.17) is 9.84 Å². The monoisotopic (exact) mass is 288 g/mol. The van der Waals surface area contributed by atoms with E-state index in [1.807, 2.05) is 32.0 Å². The molecule has 0 atom stereocenters. The van der Waals surface area contributed by atoms with E-state index >= 15 is 0 Å². The maximum absolute atomic E-state index is 11.4. The van der Waals surface area contributed by atoms with Crippen LogP contribution in [0.5, 0.6) is 5.75 Å². The van der Waals surface area contributed by atoms with Crippen molar-refractivity contribution in [2.24, 2.45) is 0 Å².